The zero-order valence-electron chi connectivity index (χ0n) is 16.1. The number of hydrogen-bond acceptors (Lipinski definition) is 6. The van der Waals surface area contributed by atoms with Crippen molar-refractivity contribution < 1.29 is 9.63 Å². The van der Waals surface area contributed by atoms with Crippen molar-refractivity contribution in [2.24, 2.45) is 5.16 Å². The van der Waals surface area contributed by atoms with Gasteiger partial charge in [-0.3, -0.25) is 19.7 Å². The van der Waals surface area contributed by atoms with Crippen molar-refractivity contribution in [3.05, 3.63) is 59.7 Å². The van der Waals surface area contributed by atoms with Crippen LogP contribution in [0.5, 0.6) is 0 Å². The van der Waals surface area contributed by atoms with E-state index in [1.165, 1.54) is 5.56 Å². The van der Waals surface area contributed by atoms with Gasteiger partial charge in [-0.25, -0.2) is 0 Å². The van der Waals surface area contributed by atoms with Crippen molar-refractivity contribution in [3.63, 3.8) is 0 Å². The Kier molecular flexibility index (Phi) is 5.34. The molecule has 0 saturated carbocycles. The molecule has 0 bridgehead atoms. The molecule has 1 aromatic heterocycles. The summed E-state index contributed by atoms with van der Waals surface area (Å²) in [6.45, 7) is 4.98. The van der Waals surface area contributed by atoms with Crippen LogP contribution in [0, 0.1) is 6.92 Å². The lowest BCUT2D eigenvalue weighted by Crippen LogP contribution is -2.37. The first kappa shape index (κ1) is 18.6. The topological polar surface area (TPSA) is 79.7 Å². The molecule has 1 fully saturated rings. The van der Waals surface area contributed by atoms with Crippen LogP contribution in [0.15, 0.2) is 47.9 Å². The summed E-state index contributed by atoms with van der Waals surface area (Å²) in [4.78, 5) is 29.0. The van der Waals surface area contributed by atoms with E-state index in [2.05, 4.69) is 49.6 Å². The summed E-state index contributed by atoms with van der Waals surface area (Å²) in [6, 6.07) is 10.5. The molecule has 4 rings (SSSR count). The maximum absolute atomic E-state index is 12.4. The molecule has 0 aliphatic carbocycles. The molecule has 1 spiro atoms. The van der Waals surface area contributed by atoms with Crippen molar-refractivity contribution in [3.8, 4) is 0 Å². The highest BCUT2D eigenvalue weighted by Crippen LogP contribution is 2.33. The van der Waals surface area contributed by atoms with Crippen LogP contribution in [-0.2, 0) is 22.6 Å². The van der Waals surface area contributed by atoms with E-state index >= 15 is 0 Å². The predicted molar refractivity (Wildman–Crippen MR) is 106 cm³/mol. The molecule has 2 aliphatic heterocycles. The molecule has 1 saturated heterocycles. The Morgan fingerprint density at radius 1 is 1.25 bits per heavy atom. The maximum Gasteiger partial charge on any atom is 0.269 e. The molecule has 2 aromatic rings. The molecule has 3 heterocycles. The van der Waals surface area contributed by atoms with Gasteiger partial charge >= 0.3 is 0 Å². The van der Waals surface area contributed by atoms with Crippen LogP contribution in [0.1, 0.15) is 29.8 Å². The average molecular weight is 379 g/mol. The van der Waals surface area contributed by atoms with Crippen molar-refractivity contribution in [2.75, 3.05) is 19.6 Å². The molecule has 28 heavy (non-hydrogen) atoms. The Balaban J connectivity index is 1.25. The summed E-state index contributed by atoms with van der Waals surface area (Å²) in [5, 5.41) is 6.95. The largest absolute Gasteiger partial charge is 0.387 e. The first-order chi connectivity index (χ1) is 13.6. The SMILES string of the molecule is Cc1cnc(CNC(=O)C2=NO[C@]3(CCN(CCc4ccccc4)C3)C2)cn1. The van der Waals surface area contributed by atoms with E-state index in [1.807, 2.05) is 13.0 Å². The molecule has 0 radical (unpaired) electrons. The number of benzene rings is 1. The minimum absolute atomic E-state index is 0.193. The average Bonchev–Trinajstić information content (AvgIpc) is 3.33. The molecule has 0 unspecified atom stereocenters. The van der Waals surface area contributed by atoms with Gasteiger partial charge in [-0.1, -0.05) is 35.5 Å². The molecular formula is C21H25N5O2. The summed E-state index contributed by atoms with van der Waals surface area (Å²) in [6.07, 6.45) is 5.83. The van der Waals surface area contributed by atoms with Gasteiger partial charge in [0.25, 0.3) is 5.91 Å². The van der Waals surface area contributed by atoms with Crippen molar-refractivity contribution >= 4 is 11.6 Å². The Bertz CT molecular complexity index is 853. The second-order valence-electron chi connectivity index (χ2n) is 7.58. The van der Waals surface area contributed by atoms with E-state index in [4.69, 9.17) is 4.84 Å². The number of hydrogen-bond donors (Lipinski definition) is 1. The molecule has 1 N–H and O–H groups in total. The number of carbonyl (C=O) groups excluding carboxylic acids is 1. The fraction of sp³-hybridized carbons (Fsp3) is 0.429. The maximum atomic E-state index is 12.4. The number of amides is 1. The van der Waals surface area contributed by atoms with Crippen molar-refractivity contribution in [1.82, 2.24) is 20.2 Å². The zero-order chi connectivity index (χ0) is 19.4. The van der Waals surface area contributed by atoms with E-state index < -0.39 is 0 Å². The summed E-state index contributed by atoms with van der Waals surface area (Å²) < 4.78 is 0. The molecule has 7 heteroatoms. The first-order valence-corrected chi connectivity index (χ1v) is 9.69. The third-order valence-corrected chi connectivity index (χ3v) is 5.32. The Hall–Kier alpha value is -2.80. The fourth-order valence-corrected chi connectivity index (χ4v) is 3.70. The summed E-state index contributed by atoms with van der Waals surface area (Å²) in [5.74, 6) is -0.193. The van der Waals surface area contributed by atoms with Crippen LogP contribution >= 0.6 is 0 Å². The molecule has 1 aromatic carbocycles. The molecule has 2 aliphatic rings. The number of nitrogens with one attached hydrogen (secondary N) is 1. The highest BCUT2D eigenvalue weighted by Gasteiger charge is 2.46. The van der Waals surface area contributed by atoms with Gasteiger partial charge in [0.15, 0.2) is 5.60 Å². The van der Waals surface area contributed by atoms with Gasteiger partial charge in [-0.15, -0.1) is 0 Å². The van der Waals surface area contributed by atoms with Crippen LogP contribution in [0.3, 0.4) is 0 Å². The minimum Gasteiger partial charge on any atom is -0.387 e. The van der Waals surface area contributed by atoms with E-state index in [0.717, 1.165) is 43.9 Å². The lowest BCUT2D eigenvalue weighted by Gasteiger charge is -2.21. The van der Waals surface area contributed by atoms with Gasteiger partial charge in [-0.2, -0.15) is 0 Å². The fourth-order valence-electron chi connectivity index (χ4n) is 3.70. The number of nitrogens with zero attached hydrogens (tertiary/aromatic N) is 4. The molecule has 1 atom stereocenters. The number of likely N-dealkylation sites (tertiary alicyclic amines) is 1. The standard InChI is InChI=1S/C21H25N5O2/c1-16-12-23-18(13-22-16)14-24-20(27)19-11-21(28-25-19)8-10-26(15-21)9-7-17-5-3-2-4-6-17/h2-6,12-13H,7-11,14-15H2,1H3,(H,24,27)/t21-/m1/s1. The smallest absolute Gasteiger partial charge is 0.269 e. The highest BCUT2D eigenvalue weighted by molar-refractivity contribution is 6.39. The predicted octanol–water partition coefficient (Wildman–Crippen LogP) is 1.86. The van der Waals surface area contributed by atoms with Gasteiger partial charge in [-0.05, 0) is 18.9 Å². The van der Waals surface area contributed by atoms with E-state index in [1.54, 1.807) is 12.4 Å². The lowest BCUT2D eigenvalue weighted by molar-refractivity contribution is -0.115. The molecule has 146 valence electrons. The number of aromatic nitrogens is 2. The molecule has 7 nitrogen and oxygen atoms in total. The Labute approximate surface area is 164 Å². The Morgan fingerprint density at radius 2 is 2.11 bits per heavy atom. The highest BCUT2D eigenvalue weighted by atomic mass is 16.7. The third-order valence-electron chi connectivity index (χ3n) is 5.32. The van der Waals surface area contributed by atoms with Crippen LogP contribution in [0.25, 0.3) is 0 Å². The summed E-state index contributed by atoms with van der Waals surface area (Å²) >= 11 is 0. The van der Waals surface area contributed by atoms with Crippen LogP contribution in [0.2, 0.25) is 0 Å². The summed E-state index contributed by atoms with van der Waals surface area (Å²) in [7, 11) is 0. The van der Waals surface area contributed by atoms with Crippen LogP contribution in [-0.4, -0.2) is 51.7 Å². The minimum atomic E-state index is -0.354. The quantitative estimate of drug-likeness (QED) is 0.829. The summed E-state index contributed by atoms with van der Waals surface area (Å²) in [5.41, 5.74) is 3.02. The van der Waals surface area contributed by atoms with Gasteiger partial charge in [0.2, 0.25) is 0 Å². The van der Waals surface area contributed by atoms with Gasteiger partial charge in [0, 0.05) is 38.7 Å². The number of rotatable bonds is 6. The van der Waals surface area contributed by atoms with Crippen molar-refractivity contribution in [2.45, 2.75) is 38.3 Å². The van der Waals surface area contributed by atoms with Gasteiger partial charge < -0.3 is 10.2 Å². The van der Waals surface area contributed by atoms with Crippen LogP contribution in [0.4, 0.5) is 0 Å². The Morgan fingerprint density at radius 3 is 2.89 bits per heavy atom. The van der Waals surface area contributed by atoms with Crippen molar-refractivity contribution in [1.29, 1.82) is 0 Å². The monoisotopic (exact) mass is 379 g/mol. The lowest BCUT2D eigenvalue weighted by atomic mass is 9.96. The zero-order valence-corrected chi connectivity index (χ0v) is 16.1. The van der Waals surface area contributed by atoms with Gasteiger partial charge in [0.1, 0.15) is 5.71 Å². The molecular weight excluding hydrogens is 354 g/mol. The normalized spacial score (nSPS) is 21.5. The van der Waals surface area contributed by atoms with Gasteiger partial charge in [0.05, 0.1) is 24.1 Å². The second-order valence-corrected chi connectivity index (χ2v) is 7.58. The third kappa shape index (κ3) is 4.36. The van der Waals surface area contributed by atoms with E-state index in [-0.39, 0.29) is 11.5 Å². The number of oxime groups is 1. The molecule has 1 amide bonds. The first-order valence-electron chi connectivity index (χ1n) is 9.69. The number of carbonyl (C=O) groups is 1. The number of aryl methyl sites for hydroxylation is 1. The second kappa shape index (κ2) is 8.06. The van der Waals surface area contributed by atoms with E-state index in [0.29, 0.717) is 18.7 Å². The van der Waals surface area contributed by atoms with Crippen LogP contribution < -0.4 is 5.32 Å². The van der Waals surface area contributed by atoms with E-state index in [9.17, 15) is 4.79 Å².